The number of hydrogen-bond acceptors (Lipinski definition) is 7. The Morgan fingerprint density at radius 3 is 1.51 bits per heavy atom. The first-order chi connectivity index (χ1) is 26.5. The maximum atomic E-state index is 12.7. The maximum Gasteiger partial charge on any atom is 0.430 e. The lowest BCUT2D eigenvalue weighted by molar-refractivity contribution is -0.113. The van der Waals surface area contributed by atoms with E-state index in [0.717, 1.165) is 66.1 Å². The Labute approximate surface area is 322 Å². The van der Waals surface area contributed by atoms with Crippen molar-refractivity contribution in [3.8, 4) is 0 Å². The SMILES string of the molecule is C=C(N1CCC(CNCCC(=O)c2ccc3ccccc3c2)CC1)C(F)(F)F.CCOC(=O)N1CCC(CNCCC(=O)c2ccc3ccccc3c2)CC1. The van der Waals surface area contributed by atoms with Crippen LogP contribution in [0, 0.1) is 11.8 Å². The van der Waals surface area contributed by atoms with Gasteiger partial charge in [-0.1, -0.05) is 79.4 Å². The maximum absolute atomic E-state index is 12.7. The van der Waals surface area contributed by atoms with Gasteiger partial charge in [0.2, 0.25) is 0 Å². The van der Waals surface area contributed by atoms with Gasteiger partial charge in [0.15, 0.2) is 11.6 Å². The van der Waals surface area contributed by atoms with E-state index in [-0.39, 0.29) is 17.7 Å². The molecule has 2 heterocycles. The van der Waals surface area contributed by atoms with Crippen LogP contribution in [-0.4, -0.2) is 92.6 Å². The summed E-state index contributed by atoms with van der Waals surface area (Å²) in [4.78, 5) is 39.6. The number of fused-ring (bicyclic) bond motifs is 2. The molecule has 2 aliphatic heterocycles. The summed E-state index contributed by atoms with van der Waals surface area (Å²) < 4.78 is 43.1. The second-order valence-corrected chi connectivity index (χ2v) is 14.4. The first-order valence-electron chi connectivity index (χ1n) is 19.4. The molecule has 11 heteroatoms. The molecule has 55 heavy (non-hydrogen) atoms. The molecular weight excluding hydrogens is 706 g/mol. The van der Waals surface area contributed by atoms with Crippen LogP contribution < -0.4 is 10.6 Å². The minimum Gasteiger partial charge on any atom is -0.450 e. The number of piperidine rings is 2. The number of likely N-dealkylation sites (tertiary alicyclic amines) is 2. The number of nitrogens with one attached hydrogen (secondary N) is 2. The van der Waals surface area contributed by atoms with Crippen molar-refractivity contribution in [2.75, 3.05) is 59.0 Å². The topological polar surface area (TPSA) is 91.0 Å². The Morgan fingerprint density at radius 1 is 0.673 bits per heavy atom. The molecule has 6 rings (SSSR count). The molecule has 4 aromatic rings. The van der Waals surface area contributed by atoms with E-state index < -0.39 is 11.9 Å². The number of ketones is 2. The fraction of sp³-hybridized carbons (Fsp3) is 0.432. The van der Waals surface area contributed by atoms with E-state index in [9.17, 15) is 27.6 Å². The summed E-state index contributed by atoms with van der Waals surface area (Å²) >= 11 is 0. The number of hydrogen-bond donors (Lipinski definition) is 2. The van der Waals surface area contributed by atoms with Crippen molar-refractivity contribution in [1.29, 1.82) is 0 Å². The van der Waals surface area contributed by atoms with Crippen molar-refractivity contribution in [1.82, 2.24) is 20.4 Å². The van der Waals surface area contributed by atoms with E-state index in [4.69, 9.17) is 4.74 Å². The Bertz CT molecular complexity index is 1900. The van der Waals surface area contributed by atoms with Gasteiger partial charge in [-0.2, -0.15) is 13.2 Å². The van der Waals surface area contributed by atoms with Gasteiger partial charge in [0.05, 0.1) is 6.61 Å². The smallest absolute Gasteiger partial charge is 0.430 e. The number of Topliss-reactive ketones (excluding diaryl/α,β-unsaturated/α-hetero) is 2. The molecule has 2 fully saturated rings. The van der Waals surface area contributed by atoms with Crippen LogP contribution in [-0.2, 0) is 4.74 Å². The normalized spacial score (nSPS) is 15.4. The van der Waals surface area contributed by atoms with E-state index in [1.807, 2.05) is 85.8 Å². The molecule has 2 saturated heterocycles. The van der Waals surface area contributed by atoms with E-state index >= 15 is 0 Å². The number of halogens is 3. The zero-order valence-electron chi connectivity index (χ0n) is 31.7. The lowest BCUT2D eigenvalue weighted by atomic mass is 9.96. The van der Waals surface area contributed by atoms with Crippen LogP contribution in [0.4, 0.5) is 18.0 Å². The van der Waals surface area contributed by atoms with Crippen LogP contribution in [0.3, 0.4) is 0 Å². The van der Waals surface area contributed by atoms with Crippen LogP contribution in [0.15, 0.2) is 97.2 Å². The van der Waals surface area contributed by atoms with Crippen LogP contribution >= 0.6 is 0 Å². The fourth-order valence-electron chi connectivity index (χ4n) is 7.15. The number of rotatable bonds is 14. The second kappa shape index (κ2) is 20.3. The third-order valence-electron chi connectivity index (χ3n) is 10.5. The zero-order chi connectivity index (χ0) is 39.2. The predicted molar refractivity (Wildman–Crippen MR) is 212 cm³/mol. The number of amides is 1. The molecule has 0 aliphatic carbocycles. The number of carbonyl (C=O) groups is 3. The lowest BCUT2D eigenvalue weighted by Gasteiger charge is -2.35. The summed E-state index contributed by atoms with van der Waals surface area (Å²) in [6.07, 6.45) is -0.308. The molecule has 0 atom stereocenters. The number of allylic oxidation sites excluding steroid dienone is 1. The monoisotopic (exact) mass is 758 g/mol. The van der Waals surface area contributed by atoms with E-state index in [2.05, 4.69) is 23.3 Å². The molecule has 0 radical (unpaired) electrons. The first kappa shape index (κ1) is 41.4. The molecule has 2 N–H and O–H groups in total. The molecule has 4 aromatic carbocycles. The highest BCUT2D eigenvalue weighted by Crippen LogP contribution is 2.30. The van der Waals surface area contributed by atoms with Gasteiger partial charge in [-0.15, -0.1) is 0 Å². The molecule has 8 nitrogen and oxygen atoms in total. The van der Waals surface area contributed by atoms with Crippen LogP contribution in [0.25, 0.3) is 21.5 Å². The average molecular weight is 759 g/mol. The van der Waals surface area contributed by atoms with Gasteiger partial charge in [0, 0.05) is 63.2 Å². The van der Waals surface area contributed by atoms with E-state index in [1.54, 1.807) is 4.90 Å². The molecular formula is C44H53F3N4O4. The highest BCUT2D eigenvalue weighted by molar-refractivity contribution is 6.00. The summed E-state index contributed by atoms with van der Waals surface area (Å²) in [6, 6.07) is 27.6. The summed E-state index contributed by atoms with van der Waals surface area (Å²) in [5.41, 5.74) is 0.734. The number of nitrogens with zero attached hydrogens (tertiary/aromatic N) is 2. The first-order valence-corrected chi connectivity index (χ1v) is 19.4. The van der Waals surface area contributed by atoms with Crippen molar-refractivity contribution < 1.29 is 32.3 Å². The van der Waals surface area contributed by atoms with Gasteiger partial charge in [0.25, 0.3) is 0 Å². The third-order valence-corrected chi connectivity index (χ3v) is 10.5. The third kappa shape index (κ3) is 12.4. The summed E-state index contributed by atoms with van der Waals surface area (Å²) in [7, 11) is 0. The second-order valence-electron chi connectivity index (χ2n) is 14.4. The molecule has 0 bridgehead atoms. The van der Waals surface area contributed by atoms with E-state index in [0.29, 0.717) is 75.9 Å². The van der Waals surface area contributed by atoms with Crippen LogP contribution in [0.1, 0.15) is 66.2 Å². The van der Waals surface area contributed by atoms with Crippen LogP contribution in [0.5, 0.6) is 0 Å². The summed E-state index contributed by atoms with van der Waals surface area (Å²) in [5.74, 6) is 1.14. The minimum atomic E-state index is -4.35. The number of benzene rings is 4. The van der Waals surface area contributed by atoms with Crippen molar-refractivity contribution in [3.63, 3.8) is 0 Å². The van der Waals surface area contributed by atoms with Crippen molar-refractivity contribution in [3.05, 3.63) is 108 Å². The van der Waals surface area contributed by atoms with Gasteiger partial charge in [-0.3, -0.25) is 9.59 Å². The Morgan fingerprint density at radius 2 is 1.09 bits per heavy atom. The standard InChI is InChI=1S/C22H25F3N2O.C22H28N2O3/c1-16(22(23,24)25)27-12-9-17(10-13-27)15-26-11-8-21(28)20-7-6-18-4-2-3-5-19(18)14-20;1-2-27-22(26)24-13-10-17(11-14-24)16-23-12-9-21(25)20-8-7-18-5-3-4-6-19(18)15-20/h2-7,14,17,26H,1,8-13,15H2;3-8,15,17,23H,2,9-14,16H2,1H3. The molecule has 0 spiro atoms. The number of ether oxygens (including phenoxy) is 1. The number of carbonyl (C=O) groups excluding carboxylic acids is 3. The Kier molecular flexibility index (Phi) is 15.3. The molecule has 2 aliphatic rings. The predicted octanol–water partition coefficient (Wildman–Crippen LogP) is 8.66. The molecule has 1 amide bonds. The average Bonchev–Trinajstić information content (AvgIpc) is 3.20. The Hall–Kier alpha value is -4.74. The zero-order valence-corrected chi connectivity index (χ0v) is 31.7. The largest absolute Gasteiger partial charge is 0.450 e. The van der Waals surface area contributed by atoms with Gasteiger partial charge < -0.3 is 25.2 Å². The highest BCUT2D eigenvalue weighted by Gasteiger charge is 2.37. The highest BCUT2D eigenvalue weighted by atomic mass is 19.4. The molecule has 0 unspecified atom stereocenters. The van der Waals surface area contributed by atoms with Gasteiger partial charge in [0.1, 0.15) is 5.70 Å². The van der Waals surface area contributed by atoms with Crippen molar-refractivity contribution >= 4 is 39.2 Å². The molecule has 0 aromatic heterocycles. The van der Waals surface area contributed by atoms with Crippen molar-refractivity contribution in [2.45, 2.75) is 51.6 Å². The van der Waals surface area contributed by atoms with Gasteiger partial charge >= 0.3 is 12.3 Å². The molecule has 0 saturated carbocycles. The Balaban J connectivity index is 0.000000211. The lowest BCUT2D eigenvalue weighted by Crippen LogP contribution is -2.41. The van der Waals surface area contributed by atoms with Gasteiger partial charge in [-0.05, 0) is 91.2 Å². The van der Waals surface area contributed by atoms with Gasteiger partial charge in [-0.25, -0.2) is 4.79 Å². The number of alkyl halides is 3. The molecule has 294 valence electrons. The summed E-state index contributed by atoms with van der Waals surface area (Å²) in [6.45, 7) is 10.5. The summed E-state index contributed by atoms with van der Waals surface area (Å²) in [5, 5.41) is 11.1. The fourth-order valence-corrected chi connectivity index (χ4v) is 7.15. The minimum absolute atomic E-state index is 0.0922. The van der Waals surface area contributed by atoms with Crippen LogP contribution in [0.2, 0.25) is 0 Å². The van der Waals surface area contributed by atoms with Crippen molar-refractivity contribution in [2.24, 2.45) is 11.8 Å². The van der Waals surface area contributed by atoms with E-state index in [1.165, 1.54) is 4.90 Å². The quantitative estimate of drug-likeness (QED) is 0.0983.